The first-order valence-corrected chi connectivity index (χ1v) is 14.2. The Bertz CT molecular complexity index is 1330. The fraction of sp³-hybridized carbons (Fsp3) is 0.387. The maximum Gasteiger partial charge on any atom is 0.327 e. The predicted molar refractivity (Wildman–Crippen MR) is 147 cm³/mol. The molecule has 0 radical (unpaired) electrons. The number of carbonyl (C=O) groups excluding carboxylic acids is 2. The van der Waals surface area contributed by atoms with Gasteiger partial charge in [0.2, 0.25) is 11.7 Å². The highest BCUT2D eigenvalue weighted by atomic mass is 32.1. The van der Waals surface area contributed by atoms with Gasteiger partial charge < -0.3 is 14.4 Å². The Morgan fingerprint density at radius 1 is 1.00 bits per heavy atom. The molecule has 1 saturated carbocycles. The molecule has 2 aliphatic rings. The second kappa shape index (κ2) is 11.1. The third-order valence-corrected chi connectivity index (χ3v) is 9.07. The molecule has 198 valence electrons. The molecule has 1 aliphatic carbocycles. The number of thiophene rings is 1. The van der Waals surface area contributed by atoms with Crippen LogP contribution in [0.3, 0.4) is 0 Å². The summed E-state index contributed by atoms with van der Waals surface area (Å²) in [5.74, 6) is -2.44. The lowest BCUT2D eigenvalue weighted by molar-refractivity contribution is -0.151. The second-order valence-corrected chi connectivity index (χ2v) is 11.4. The largest absolute Gasteiger partial charge is 0.480 e. The van der Waals surface area contributed by atoms with E-state index in [0.717, 1.165) is 48.1 Å². The number of aliphatic carboxylic acids is 1. The number of rotatable bonds is 7. The standard InChI is InChI=1S/C31H33NO5S/c1-19-17-18-38-29(19)26-25(28(33)24-16-13-20(2)37-24)23(15-14-21-9-5-3-6-10-21)32(27(26)31(35)36)30(34)22-11-7-4-8-12-22/h3,5-6,9-10,13-18,22-23,25-27H,4,7-8,11-12H2,1-2H3,(H,35,36). The van der Waals surface area contributed by atoms with Crippen LogP contribution in [0.5, 0.6) is 0 Å². The first-order chi connectivity index (χ1) is 18.4. The summed E-state index contributed by atoms with van der Waals surface area (Å²) in [6, 6.07) is 13.1. The number of ketones is 1. The van der Waals surface area contributed by atoms with Crippen molar-refractivity contribution in [2.24, 2.45) is 11.8 Å². The molecule has 4 atom stereocenters. The van der Waals surface area contributed by atoms with Crippen molar-refractivity contribution < 1.29 is 23.9 Å². The van der Waals surface area contributed by atoms with Crippen molar-refractivity contribution >= 4 is 35.1 Å². The zero-order chi connectivity index (χ0) is 26.8. The van der Waals surface area contributed by atoms with Crippen molar-refractivity contribution in [1.29, 1.82) is 0 Å². The van der Waals surface area contributed by atoms with E-state index in [-0.39, 0.29) is 23.4 Å². The molecule has 3 aromatic rings. The third-order valence-electron chi connectivity index (χ3n) is 7.95. The van der Waals surface area contributed by atoms with Crippen molar-refractivity contribution in [3.8, 4) is 0 Å². The molecule has 1 amide bonds. The zero-order valence-electron chi connectivity index (χ0n) is 21.7. The molecule has 4 unspecified atom stereocenters. The minimum Gasteiger partial charge on any atom is -0.480 e. The minimum atomic E-state index is -1.16. The summed E-state index contributed by atoms with van der Waals surface area (Å²) in [5, 5.41) is 12.5. The van der Waals surface area contributed by atoms with Crippen LogP contribution < -0.4 is 0 Å². The van der Waals surface area contributed by atoms with E-state index in [2.05, 4.69) is 0 Å². The number of furan rings is 1. The highest BCUT2D eigenvalue weighted by Gasteiger charge is 2.58. The molecule has 6 nitrogen and oxygen atoms in total. The van der Waals surface area contributed by atoms with Crippen molar-refractivity contribution in [1.82, 2.24) is 4.90 Å². The van der Waals surface area contributed by atoms with Crippen LogP contribution in [0.1, 0.15) is 70.3 Å². The molecular formula is C31H33NO5S. The molecule has 38 heavy (non-hydrogen) atoms. The van der Waals surface area contributed by atoms with Gasteiger partial charge >= 0.3 is 5.97 Å². The number of aryl methyl sites for hydroxylation is 2. The van der Waals surface area contributed by atoms with Crippen LogP contribution in [-0.4, -0.2) is 39.7 Å². The number of nitrogens with zero attached hydrogens (tertiary/aromatic N) is 1. The number of benzene rings is 1. The number of hydrogen-bond donors (Lipinski definition) is 1. The maximum absolute atomic E-state index is 14.2. The Labute approximate surface area is 227 Å². The van der Waals surface area contributed by atoms with E-state index in [1.807, 2.05) is 60.9 Å². The van der Waals surface area contributed by atoms with Gasteiger partial charge in [0.1, 0.15) is 11.8 Å². The van der Waals surface area contributed by atoms with E-state index in [1.165, 1.54) is 16.2 Å². The van der Waals surface area contributed by atoms with Gasteiger partial charge in [0.25, 0.3) is 0 Å². The molecule has 2 aromatic heterocycles. The van der Waals surface area contributed by atoms with E-state index in [1.54, 1.807) is 19.1 Å². The fourth-order valence-electron chi connectivity index (χ4n) is 6.13. The van der Waals surface area contributed by atoms with Crippen LogP contribution in [0.15, 0.2) is 64.4 Å². The van der Waals surface area contributed by atoms with Gasteiger partial charge in [0.15, 0.2) is 5.76 Å². The van der Waals surface area contributed by atoms with Gasteiger partial charge in [0.05, 0.1) is 12.0 Å². The molecule has 1 aliphatic heterocycles. The van der Waals surface area contributed by atoms with Crippen molar-refractivity contribution in [3.63, 3.8) is 0 Å². The SMILES string of the molecule is Cc1ccc(C(=O)C2C(c3sccc3C)C(C(=O)O)N(C(=O)C3CCCCC3)C2C=Cc2ccccc2)o1. The predicted octanol–water partition coefficient (Wildman–Crippen LogP) is 6.50. The van der Waals surface area contributed by atoms with E-state index >= 15 is 0 Å². The number of carboxylic acids is 1. The van der Waals surface area contributed by atoms with E-state index in [0.29, 0.717) is 5.76 Å². The summed E-state index contributed by atoms with van der Waals surface area (Å²) in [7, 11) is 0. The molecular weight excluding hydrogens is 498 g/mol. The van der Waals surface area contributed by atoms with Crippen LogP contribution in [0.25, 0.3) is 6.08 Å². The lowest BCUT2D eigenvalue weighted by atomic mass is 9.80. The smallest absolute Gasteiger partial charge is 0.327 e. The van der Waals surface area contributed by atoms with Crippen LogP contribution in [0.2, 0.25) is 0 Å². The molecule has 1 saturated heterocycles. The van der Waals surface area contributed by atoms with Gasteiger partial charge in [-0.25, -0.2) is 4.79 Å². The minimum absolute atomic E-state index is 0.162. The Hall–Kier alpha value is -3.45. The number of Topliss-reactive ketones (excluding diaryl/α,β-unsaturated/α-hetero) is 1. The van der Waals surface area contributed by atoms with Gasteiger partial charge in [-0.1, -0.05) is 61.7 Å². The lowest BCUT2D eigenvalue weighted by Gasteiger charge is -2.33. The van der Waals surface area contributed by atoms with E-state index in [4.69, 9.17) is 4.42 Å². The van der Waals surface area contributed by atoms with Gasteiger partial charge in [0, 0.05) is 16.7 Å². The molecule has 0 spiro atoms. The molecule has 5 rings (SSSR count). The van der Waals surface area contributed by atoms with Gasteiger partial charge in [-0.2, -0.15) is 0 Å². The quantitative estimate of drug-likeness (QED) is 0.352. The molecule has 0 bridgehead atoms. The first-order valence-electron chi connectivity index (χ1n) is 13.3. The monoisotopic (exact) mass is 531 g/mol. The summed E-state index contributed by atoms with van der Waals surface area (Å²) in [6.07, 6.45) is 8.22. The Kier molecular flexibility index (Phi) is 7.65. The Balaban J connectivity index is 1.68. The highest BCUT2D eigenvalue weighted by Crippen LogP contribution is 2.48. The summed E-state index contributed by atoms with van der Waals surface area (Å²) in [6.45, 7) is 3.71. The van der Waals surface area contributed by atoms with Gasteiger partial charge in [-0.05, 0) is 61.4 Å². The third kappa shape index (κ3) is 4.99. The molecule has 1 N–H and O–H groups in total. The van der Waals surface area contributed by atoms with Crippen LogP contribution in [-0.2, 0) is 9.59 Å². The lowest BCUT2D eigenvalue weighted by Crippen LogP contribution is -2.49. The van der Waals surface area contributed by atoms with Crippen molar-refractivity contribution in [2.45, 2.75) is 64.0 Å². The Morgan fingerprint density at radius 3 is 2.34 bits per heavy atom. The normalized spacial score (nSPS) is 24.2. The van der Waals surface area contributed by atoms with Crippen LogP contribution in [0.4, 0.5) is 0 Å². The molecule has 2 fully saturated rings. The van der Waals surface area contributed by atoms with Crippen LogP contribution in [0, 0.1) is 25.7 Å². The van der Waals surface area contributed by atoms with E-state index in [9.17, 15) is 19.5 Å². The summed E-state index contributed by atoms with van der Waals surface area (Å²) >= 11 is 1.45. The van der Waals surface area contributed by atoms with Gasteiger partial charge in [-0.3, -0.25) is 9.59 Å². The van der Waals surface area contributed by atoms with E-state index < -0.39 is 29.9 Å². The topological polar surface area (TPSA) is 87.8 Å². The summed E-state index contributed by atoms with van der Waals surface area (Å²) in [4.78, 5) is 43.7. The zero-order valence-corrected chi connectivity index (χ0v) is 22.5. The highest BCUT2D eigenvalue weighted by molar-refractivity contribution is 7.10. The Morgan fingerprint density at radius 2 is 1.74 bits per heavy atom. The number of carboxylic acid groups (broad SMARTS) is 1. The molecule has 3 heterocycles. The average molecular weight is 532 g/mol. The molecule has 7 heteroatoms. The summed E-state index contributed by atoms with van der Waals surface area (Å²) < 4.78 is 5.75. The number of carbonyl (C=O) groups is 3. The number of likely N-dealkylation sites (tertiary alicyclic amines) is 1. The number of amides is 1. The van der Waals surface area contributed by atoms with Gasteiger partial charge in [-0.15, -0.1) is 11.3 Å². The first kappa shape index (κ1) is 26.2. The average Bonchev–Trinajstić information content (AvgIpc) is 3.64. The maximum atomic E-state index is 14.2. The molecule has 1 aromatic carbocycles. The second-order valence-electron chi connectivity index (χ2n) is 10.4. The number of hydrogen-bond acceptors (Lipinski definition) is 5. The fourth-order valence-corrected chi connectivity index (χ4v) is 7.23. The van der Waals surface area contributed by atoms with Crippen molar-refractivity contribution in [2.75, 3.05) is 0 Å². The van der Waals surface area contributed by atoms with Crippen molar-refractivity contribution in [3.05, 3.63) is 87.5 Å². The van der Waals surface area contributed by atoms with Crippen LogP contribution >= 0.6 is 11.3 Å². The summed E-state index contributed by atoms with van der Waals surface area (Å²) in [5.41, 5.74) is 1.85.